The number of amidine groups is 1. The number of likely N-dealkylation sites (tertiary alicyclic amines) is 1. The molecule has 0 spiro atoms. The van der Waals surface area contributed by atoms with Gasteiger partial charge in [-0.25, -0.2) is 0 Å². The average molecular weight is 182 g/mol. The molecule has 2 unspecified atom stereocenters. The van der Waals surface area contributed by atoms with Crippen molar-refractivity contribution in [1.29, 1.82) is 5.41 Å². The minimum absolute atomic E-state index is 0.577. The largest absolute Gasteiger partial charge is 0.358 e. The van der Waals surface area contributed by atoms with Crippen molar-refractivity contribution in [1.82, 2.24) is 4.90 Å². The third kappa shape index (κ3) is 2.45. The molecule has 2 nitrogen and oxygen atoms in total. The van der Waals surface area contributed by atoms with Gasteiger partial charge < -0.3 is 4.90 Å². The van der Waals surface area contributed by atoms with Crippen LogP contribution >= 0.6 is 0 Å². The summed E-state index contributed by atoms with van der Waals surface area (Å²) in [6.45, 7) is 7.81. The van der Waals surface area contributed by atoms with Gasteiger partial charge in [0.15, 0.2) is 0 Å². The molecular weight excluding hydrogens is 160 g/mol. The summed E-state index contributed by atoms with van der Waals surface area (Å²) in [5, 5.41) is 7.93. The standard InChI is InChI=1S/C11H22N2/c1-4-6-11(12)13-8-5-7-9(2)10(13)3/h9-10,12H,4-8H2,1-3H3. The predicted molar refractivity (Wildman–Crippen MR) is 57.2 cm³/mol. The molecule has 1 saturated heterocycles. The van der Waals surface area contributed by atoms with Crippen molar-refractivity contribution in [3.05, 3.63) is 0 Å². The number of hydrogen-bond acceptors (Lipinski definition) is 1. The van der Waals surface area contributed by atoms with Crippen LogP contribution in [-0.2, 0) is 0 Å². The molecule has 1 aliphatic rings. The molecule has 0 aromatic carbocycles. The molecule has 13 heavy (non-hydrogen) atoms. The second kappa shape index (κ2) is 4.64. The Kier molecular flexibility index (Phi) is 3.76. The fraction of sp³-hybridized carbons (Fsp3) is 0.909. The summed E-state index contributed by atoms with van der Waals surface area (Å²) in [5.74, 6) is 1.60. The van der Waals surface area contributed by atoms with Gasteiger partial charge in [0.25, 0.3) is 0 Å². The van der Waals surface area contributed by atoms with E-state index in [9.17, 15) is 0 Å². The van der Waals surface area contributed by atoms with E-state index < -0.39 is 0 Å². The van der Waals surface area contributed by atoms with Crippen molar-refractivity contribution in [3.63, 3.8) is 0 Å². The van der Waals surface area contributed by atoms with Crippen LogP contribution < -0.4 is 0 Å². The summed E-state index contributed by atoms with van der Waals surface area (Å²) >= 11 is 0. The maximum atomic E-state index is 7.93. The number of nitrogens with one attached hydrogen (secondary N) is 1. The summed E-state index contributed by atoms with van der Waals surface area (Å²) in [6, 6.07) is 0.577. The van der Waals surface area contributed by atoms with E-state index in [1.54, 1.807) is 0 Å². The molecule has 76 valence electrons. The van der Waals surface area contributed by atoms with Crippen molar-refractivity contribution >= 4 is 5.84 Å². The molecule has 1 N–H and O–H groups in total. The highest BCUT2D eigenvalue weighted by Gasteiger charge is 2.25. The Morgan fingerprint density at radius 3 is 2.77 bits per heavy atom. The van der Waals surface area contributed by atoms with Crippen molar-refractivity contribution in [2.75, 3.05) is 6.54 Å². The molecule has 1 fully saturated rings. The van der Waals surface area contributed by atoms with Crippen LogP contribution in [0.2, 0.25) is 0 Å². The molecule has 0 aromatic rings. The molecule has 0 amide bonds. The van der Waals surface area contributed by atoms with E-state index in [1.807, 2.05) is 0 Å². The fourth-order valence-corrected chi connectivity index (χ4v) is 2.10. The molecular formula is C11H22N2. The Bertz CT molecular complexity index is 177. The topological polar surface area (TPSA) is 27.1 Å². The molecule has 1 heterocycles. The Hall–Kier alpha value is -0.530. The van der Waals surface area contributed by atoms with Gasteiger partial charge in [-0.2, -0.15) is 0 Å². The monoisotopic (exact) mass is 182 g/mol. The van der Waals surface area contributed by atoms with Gasteiger partial charge in [-0.3, -0.25) is 5.41 Å². The number of rotatable bonds is 2. The molecule has 0 aromatic heterocycles. The second-order valence-corrected chi connectivity index (χ2v) is 4.25. The lowest BCUT2D eigenvalue weighted by molar-refractivity contribution is 0.187. The first-order valence-corrected chi connectivity index (χ1v) is 5.50. The van der Waals surface area contributed by atoms with Crippen LogP contribution in [0.25, 0.3) is 0 Å². The molecule has 2 heteroatoms. The third-order valence-corrected chi connectivity index (χ3v) is 3.21. The summed E-state index contributed by atoms with van der Waals surface area (Å²) < 4.78 is 0. The predicted octanol–water partition coefficient (Wildman–Crippen LogP) is 2.88. The molecule has 2 atom stereocenters. The molecule has 0 aliphatic carbocycles. The molecule has 1 rings (SSSR count). The summed E-state index contributed by atoms with van der Waals surface area (Å²) in [7, 11) is 0. The number of hydrogen-bond donors (Lipinski definition) is 1. The van der Waals surface area contributed by atoms with E-state index in [4.69, 9.17) is 5.41 Å². The third-order valence-electron chi connectivity index (χ3n) is 3.21. The van der Waals surface area contributed by atoms with Crippen molar-refractivity contribution < 1.29 is 0 Å². The average Bonchev–Trinajstić information content (AvgIpc) is 2.10. The van der Waals surface area contributed by atoms with E-state index >= 15 is 0 Å². The first-order valence-electron chi connectivity index (χ1n) is 5.50. The van der Waals surface area contributed by atoms with Crippen LogP contribution in [0.15, 0.2) is 0 Å². The summed E-state index contributed by atoms with van der Waals surface area (Å²) in [6.07, 6.45) is 4.63. The Labute approximate surface area is 81.8 Å². The van der Waals surface area contributed by atoms with Gasteiger partial charge in [-0.15, -0.1) is 0 Å². The SMILES string of the molecule is CCCC(=N)N1CCCC(C)C1C. The lowest BCUT2D eigenvalue weighted by atomic mass is 9.91. The van der Waals surface area contributed by atoms with Gasteiger partial charge in [0, 0.05) is 19.0 Å². The van der Waals surface area contributed by atoms with Gasteiger partial charge >= 0.3 is 0 Å². The van der Waals surface area contributed by atoms with Crippen LogP contribution in [0.1, 0.15) is 46.5 Å². The van der Waals surface area contributed by atoms with E-state index in [1.165, 1.54) is 12.8 Å². The van der Waals surface area contributed by atoms with E-state index in [0.717, 1.165) is 31.1 Å². The Morgan fingerprint density at radius 1 is 1.46 bits per heavy atom. The van der Waals surface area contributed by atoms with Crippen LogP contribution in [0.5, 0.6) is 0 Å². The Balaban J connectivity index is 2.52. The summed E-state index contributed by atoms with van der Waals surface area (Å²) in [5.41, 5.74) is 0. The molecule has 0 saturated carbocycles. The quantitative estimate of drug-likeness (QED) is 0.516. The highest BCUT2D eigenvalue weighted by Crippen LogP contribution is 2.23. The van der Waals surface area contributed by atoms with Gasteiger partial charge in [0.05, 0.1) is 5.84 Å². The van der Waals surface area contributed by atoms with Crippen LogP contribution in [0, 0.1) is 11.3 Å². The highest BCUT2D eigenvalue weighted by molar-refractivity contribution is 5.79. The van der Waals surface area contributed by atoms with Gasteiger partial charge in [-0.1, -0.05) is 13.8 Å². The zero-order valence-electron chi connectivity index (χ0n) is 9.14. The number of nitrogens with zero attached hydrogens (tertiary/aromatic N) is 1. The van der Waals surface area contributed by atoms with Crippen molar-refractivity contribution in [3.8, 4) is 0 Å². The summed E-state index contributed by atoms with van der Waals surface area (Å²) in [4.78, 5) is 2.29. The lowest BCUT2D eigenvalue weighted by Crippen LogP contribution is -2.45. The number of piperidine rings is 1. The van der Waals surface area contributed by atoms with Gasteiger partial charge in [0.1, 0.15) is 0 Å². The maximum absolute atomic E-state index is 7.93. The maximum Gasteiger partial charge on any atom is 0.0960 e. The van der Waals surface area contributed by atoms with Crippen LogP contribution in [0.4, 0.5) is 0 Å². The van der Waals surface area contributed by atoms with E-state index in [2.05, 4.69) is 25.7 Å². The zero-order valence-corrected chi connectivity index (χ0v) is 9.14. The first-order chi connectivity index (χ1) is 6.16. The minimum Gasteiger partial charge on any atom is -0.358 e. The molecule has 0 bridgehead atoms. The Morgan fingerprint density at radius 2 is 2.15 bits per heavy atom. The van der Waals surface area contributed by atoms with Gasteiger partial charge in [-0.05, 0) is 32.1 Å². The highest BCUT2D eigenvalue weighted by atomic mass is 15.2. The van der Waals surface area contributed by atoms with Crippen LogP contribution in [-0.4, -0.2) is 23.3 Å². The first kappa shape index (κ1) is 10.6. The van der Waals surface area contributed by atoms with E-state index in [-0.39, 0.29) is 0 Å². The minimum atomic E-state index is 0.577. The fourth-order valence-electron chi connectivity index (χ4n) is 2.10. The van der Waals surface area contributed by atoms with Gasteiger partial charge in [0.2, 0.25) is 0 Å². The lowest BCUT2D eigenvalue weighted by Gasteiger charge is -2.39. The normalized spacial score (nSPS) is 29.0. The van der Waals surface area contributed by atoms with Crippen molar-refractivity contribution in [2.24, 2.45) is 5.92 Å². The molecule has 1 aliphatic heterocycles. The smallest absolute Gasteiger partial charge is 0.0960 e. The molecule has 0 radical (unpaired) electrons. The van der Waals surface area contributed by atoms with Crippen molar-refractivity contribution in [2.45, 2.75) is 52.5 Å². The second-order valence-electron chi connectivity index (χ2n) is 4.25. The zero-order chi connectivity index (χ0) is 9.84. The van der Waals surface area contributed by atoms with E-state index in [0.29, 0.717) is 6.04 Å². The van der Waals surface area contributed by atoms with Crippen LogP contribution in [0.3, 0.4) is 0 Å².